The second-order valence-corrected chi connectivity index (χ2v) is 6.85. The van der Waals surface area contributed by atoms with Crippen LogP contribution in [-0.4, -0.2) is 34.5 Å². The average molecular weight is 352 g/mol. The Bertz CT molecular complexity index is 800. The van der Waals surface area contributed by atoms with Crippen molar-refractivity contribution in [3.63, 3.8) is 0 Å². The number of Topliss-reactive ketones (excluding diaryl/α,β-unsaturated/α-hetero) is 1. The number of hydrogen-bond acceptors (Lipinski definition) is 5. The van der Waals surface area contributed by atoms with Crippen LogP contribution in [0.3, 0.4) is 0 Å². The van der Waals surface area contributed by atoms with Crippen molar-refractivity contribution in [3.8, 4) is 0 Å². The van der Waals surface area contributed by atoms with Gasteiger partial charge in [0.15, 0.2) is 0 Å². The van der Waals surface area contributed by atoms with E-state index in [9.17, 15) is 9.90 Å². The van der Waals surface area contributed by atoms with Gasteiger partial charge in [0, 0.05) is 24.7 Å². The summed E-state index contributed by atoms with van der Waals surface area (Å²) < 4.78 is 5.51. The quantitative estimate of drug-likeness (QED) is 0.831. The van der Waals surface area contributed by atoms with Crippen LogP contribution >= 0.6 is 0 Å². The number of aliphatic imine (C=N–C) groups is 1. The Morgan fingerprint density at radius 1 is 1.27 bits per heavy atom. The second-order valence-electron chi connectivity index (χ2n) is 6.85. The van der Waals surface area contributed by atoms with Crippen molar-refractivity contribution < 1.29 is 14.6 Å². The highest BCUT2D eigenvalue weighted by atomic mass is 16.5. The molecule has 0 radical (unpaired) electrons. The van der Waals surface area contributed by atoms with Crippen LogP contribution in [0.15, 0.2) is 47.6 Å². The van der Waals surface area contributed by atoms with Crippen molar-refractivity contribution in [3.05, 3.63) is 65.0 Å². The number of carbonyl (C=O) groups excluding carboxylic acids is 1. The molecule has 1 aliphatic rings. The first-order valence-corrected chi connectivity index (χ1v) is 8.93. The van der Waals surface area contributed by atoms with E-state index in [1.165, 1.54) is 5.56 Å². The molecule has 0 amide bonds. The van der Waals surface area contributed by atoms with Crippen LogP contribution in [0, 0.1) is 0 Å². The smallest absolute Gasteiger partial charge is 0.218 e. The molecule has 5 nitrogen and oxygen atoms in total. The summed E-state index contributed by atoms with van der Waals surface area (Å²) in [7, 11) is 0. The van der Waals surface area contributed by atoms with Gasteiger partial charge in [0.1, 0.15) is 12.4 Å². The van der Waals surface area contributed by atoms with Crippen molar-refractivity contribution in [1.29, 1.82) is 0 Å². The number of aliphatic hydroxyl groups excluding tert-OH is 1. The van der Waals surface area contributed by atoms with E-state index in [0.717, 1.165) is 16.8 Å². The predicted molar refractivity (Wildman–Crippen MR) is 100 cm³/mol. The number of ether oxygens (including phenoxy) is 1. The van der Waals surface area contributed by atoms with Gasteiger partial charge in [0.25, 0.3) is 0 Å². The number of aromatic nitrogens is 1. The third-order valence-electron chi connectivity index (χ3n) is 4.41. The fraction of sp³-hybridized carbons (Fsp3) is 0.381. The van der Waals surface area contributed by atoms with Gasteiger partial charge in [-0.2, -0.15) is 0 Å². The van der Waals surface area contributed by atoms with Crippen molar-refractivity contribution in [1.82, 2.24) is 4.98 Å². The van der Waals surface area contributed by atoms with Gasteiger partial charge in [-0.15, -0.1) is 0 Å². The summed E-state index contributed by atoms with van der Waals surface area (Å²) in [5.74, 6) is 0.893. The fourth-order valence-electron chi connectivity index (χ4n) is 3.05. The third kappa shape index (κ3) is 4.55. The summed E-state index contributed by atoms with van der Waals surface area (Å²) in [6.45, 7) is 4.47. The molecule has 1 aromatic carbocycles. The number of hydrogen-bond donors (Lipinski definition) is 1. The molecule has 0 aliphatic carbocycles. The van der Waals surface area contributed by atoms with Crippen LogP contribution in [0.4, 0.5) is 0 Å². The largest absolute Gasteiger partial charge is 0.475 e. The van der Waals surface area contributed by atoms with Gasteiger partial charge < -0.3 is 9.84 Å². The minimum Gasteiger partial charge on any atom is -0.475 e. The summed E-state index contributed by atoms with van der Waals surface area (Å²) in [5, 5.41) is 9.33. The predicted octanol–water partition coefficient (Wildman–Crippen LogP) is 3.04. The van der Waals surface area contributed by atoms with Crippen molar-refractivity contribution in [2.45, 2.75) is 45.3 Å². The van der Waals surface area contributed by atoms with E-state index in [2.05, 4.69) is 29.0 Å². The molecule has 0 bridgehead atoms. The minimum absolute atomic E-state index is 0.179. The van der Waals surface area contributed by atoms with Crippen molar-refractivity contribution >= 4 is 11.7 Å². The van der Waals surface area contributed by atoms with Crippen molar-refractivity contribution in [2.75, 3.05) is 6.61 Å². The van der Waals surface area contributed by atoms with Crippen LogP contribution in [0.1, 0.15) is 48.6 Å². The number of benzene rings is 1. The summed E-state index contributed by atoms with van der Waals surface area (Å²) in [4.78, 5) is 21.2. The lowest BCUT2D eigenvalue weighted by molar-refractivity contribution is -0.118. The van der Waals surface area contributed by atoms with Gasteiger partial charge in [0.05, 0.1) is 18.2 Å². The highest BCUT2D eigenvalue weighted by Gasteiger charge is 2.20. The standard InChI is InChI=1S/C21H24N2O3/c1-14(16-6-4-3-5-7-16)8-19(25)10-18-9-17-11-23-21(20(17)12-22-18)26-13-15(2)24/h3-7,9,12,14-15,24H,8,10-11,13H2,1-2H3/t14-,15-/m0/s1. The fourth-order valence-corrected chi connectivity index (χ4v) is 3.05. The Kier molecular flexibility index (Phi) is 5.78. The molecule has 2 atom stereocenters. The average Bonchev–Trinajstić information content (AvgIpc) is 3.02. The lowest BCUT2D eigenvalue weighted by Crippen LogP contribution is -2.15. The lowest BCUT2D eigenvalue weighted by atomic mass is 9.94. The van der Waals surface area contributed by atoms with E-state index < -0.39 is 6.10 Å². The normalized spacial score (nSPS) is 15.1. The number of aliphatic hydroxyl groups is 1. The minimum atomic E-state index is -0.543. The van der Waals surface area contributed by atoms with E-state index >= 15 is 0 Å². The Morgan fingerprint density at radius 2 is 2.04 bits per heavy atom. The number of ketones is 1. The molecule has 136 valence electrons. The summed E-state index contributed by atoms with van der Waals surface area (Å²) in [6, 6.07) is 12.0. The molecular formula is C21H24N2O3. The second kappa shape index (κ2) is 8.23. The van der Waals surface area contributed by atoms with Crippen molar-refractivity contribution in [2.24, 2.45) is 4.99 Å². The van der Waals surface area contributed by atoms with Gasteiger partial charge in [-0.3, -0.25) is 9.78 Å². The molecular weight excluding hydrogens is 328 g/mol. The molecule has 3 rings (SSSR count). The van der Waals surface area contributed by atoms with Crippen LogP contribution in [0.2, 0.25) is 0 Å². The van der Waals surface area contributed by atoms with Gasteiger partial charge in [-0.05, 0) is 30.0 Å². The highest BCUT2D eigenvalue weighted by Crippen LogP contribution is 2.22. The molecule has 26 heavy (non-hydrogen) atoms. The molecule has 2 heterocycles. The molecule has 1 aliphatic heterocycles. The summed E-state index contributed by atoms with van der Waals surface area (Å²) >= 11 is 0. The molecule has 0 unspecified atom stereocenters. The maximum atomic E-state index is 12.4. The first-order valence-electron chi connectivity index (χ1n) is 8.93. The number of fused-ring (bicyclic) bond motifs is 1. The topological polar surface area (TPSA) is 71.8 Å². The first-order chi connectivity index (χ1) is 12.5. The van der Waals surface area contributed by atoms with Crippen LogP contribution in [0.25, 0.3) is 0 Å². The first kappa shape index (κ1) is 18.3. The van der Waals surface area contributed by atoms with E-state index in [0.29, 0.717) is 25.3 Å². The van der Waals surface area contributed by atoms with E-state index in [1.807, 2.05) is 24.3 Å². The Hall–Kier alpha value is -2.53. The van der Waals surface area contributed by atoms with Gasteiger partial charge >= 0.3 is 0 Å². The van der Waals surface area contributed by atoms with Gasteiger partial charge in [-0.25, -0.2) is 4.99 Å². The highest BCUT2D eigenvalue weighted by molar-refractivity contribution is 5.97. The molecule has 1 N–H and O–H groups in total. The lowest BCUT2D eigenvalue weighted by Gasteiger charge is -2.11. The van der Waals surface area contributed by atoms with Crippen LogP contribution in [-0.2, 0) is 22.5 Å². The number of carbonyl (C=O) groups is 1. The molecule has 0 fully saturated rings. The van der Waals surface area contributed by atoms with E-state index in [1.54, 1.807) is 13.1 Å². The molecule has 0 saturated carbocycles. The van der Waals surface area contributed by atoms with Gasteiger partial charge in [0.2, 0.25) is 5.90 Å². The molecule has 1 aromatic heterocycles. The Labute approximate surface area is 153 Å². The third-order valence-corrected chi connectivity index (χ3v) is 4.41. The summed E-state index contributed by atoms with van der Waals surface area (Å²) in [5.41, 5.74) is 3.80. The molecule has 0 saturated heterocycles. The zero-order chi connectivity index (χ0) is 18.5. The van der Waals surface area contributed by atoms with E-state index in [4.69, 9.17) is 4.74 Å². The monoisotopic (exact) mass is 352 g/mol. The number of pyridine rings is 1. The van der Waals surface area contributed by atoms with Crippen LogP contribution in [0.5, 0.6) is 0 Å². The Balaban J connectivity index is 1.59. The van der Waals surface area contributed by atoms with Crippen LogP contribution < -0.4 is 0 Å². The maximum absolute atomic E-state index is 12.4. The zero-order valence-electron chi connectivity index (χ0n) is 15.2. The van der Waals surface area contributed by atoms with Gasteiger partial charge in [-0.1, -0.05) is 37.3 Å². The summed E-state index contributed by atoms with van der Waals surface area (Å²) in [6.07, 6.45) is 2.00. The number of nitrogens with zero attached hydrogens (tertiary/aromatic N) is 2. The Morgan fingerprint density at radius 3 is 2.77 bits per heavy atom. The maximum Gasteiger partial charge on any atom is 0.218 e. The zero-order valence-corrected chi connectivity index (χ0v) is 15.2. The molecule has 2 aromatic rings. The van der Waals surface area contributed by atoms with E-state index in [-0.39, 0.29) is 18.3 Å². The molecule has 5 heteroatoms. The number of rotatable bonds is 7. The SMILES string of the molecule is C[C@H](O)COC1=NCc2cc(CC(=O)C[C@H](C)c3ccccc3)ncc21. The molecule has 0 spiro atoms.